The second-order valence-corrected chi connectivity index (χ2v) is 6.41. The van der Waals surface area contributed by atoms with Crippen LogP contribution in [0.4, 0.5) is 4.39 Å². The molecule has 0 aliphatic carbocycles. The van der Waals surface area contributed by atoms with Crippen molar-refractivity contribution in [2.24, 2.45) is 0 Å². The van der Waals surface area contributed by atoms with Crippen LogP contribution in [0.25, 0.3) is 0 Å². The second kappa shape index (κ2) is 8.32. The van der Waals surface area contributed by atoms with Gasteiger partial charge in [-0.2, -0.15) is 0 Å². The molecule has 1 N–H and O–H groups in total. The number of methoxy groups -OCH3 is 1. The standard InChI is InChI=1S/C20H24FNO3/c1-24-20-5-3-2-4-19(20)15-10-11-22(12-15)13-17(23)14-25-18-8-6-16(21)7-9-18/h2-9,15,17,23H,10-14H2,1H3. The van der Waals surface area contributed by atoms with Crippen LogP contribution in [0.15, 0.2) is 48.5 Å². The largest absolute Gasteiger partial charge is 0.496 e. The SMILES string of the molecule is COc1ccccc1C1CCN(CC(O)COc2ccc(F)cc2)C1. The summed E-state index contributed by atoms with van der Waals surface area (Å²) in [6.07, 6.45) is 0.466. The summed E-state index contributed by atoms with van der Waals surface area (Å²) in [5.74, 6) is 1.61. The molecule has 25 heavy (non-hydrogen) atoms. The van der Waals surface area contributed by atoms with Crippen LogP contribution in [0.1, 0.15) is 17.9 Å². The van der Waals surface area contributed by atoms with Gasteiger partial charge in [0.05, 0.1) is 7.11 Å². The van der Waals surface area contributed by atoms with Crippen molar-refractivity contribution < 1.29 is 19.0 Å². The van der Waals surface area contributed by atoms with E-state index in [4.69, 9.17) is 9.47 Å². The van der Waals surface area contributed by atoms with Crippen LogP contribution in [0, 0.1) is 5.82 Å². The van der Waals surface area contributed by atoms with Crippen molar-refractivity contribution in [1.82, 2.24) is 4.90 Å². The van der Waals surface area contributed by atoms with Crippen molar-refractivity contribution in [2.75, 3.05) is 33.4 Å². The maximum atomic E-state index is 12.9. The van der Waals surface area contributed by atoms with Crippen molar-refractivity contribution in [1.29, 1.82) is 0 Å². The van der Waals surface area contributed by atoms with Crippen LogP contribution in [0.2, 0.25) is 0 Å². The molecule has 134 valence electrons. The zero-order valence-electron chi connectivity index (χ0n) is 14.4. The highest BCUT2D eigenvalue weighted by atomic mass is 19.1. The minimum atomic E-state index is -0.582. The first kappa shape index (κ1) is 17.7. The molecule has 1 aliphatic heterocycles. The third kappa shape index (κ3) is 4.71. The Morgan fingerprint density at radius 3 is 2.72 bits per heavy atom. The van der Waals surface area contributed by atoms with Gasteiger partial charge in [0.15, 0.2) is 0 Å². The summed E-state index contributed by atoms with van der Waals surface area (Å²) in [6.45, 7) is 2.60. The van der Waals surface area contributed by atoms with E-state index in [0.717, 1.165) is 25.3 Å². The number of halogens is 1. The normalized spacial score (nSPS) is 18.9. The lowest BCUT2D eigenvalue weighted by Crippen LogP contribution is -2.34. The Balaban J connectivity index is 1.48. The van der Waals surface area contributed by atoms with E-state index in [1.54, 1.807) is 19.2 Å². The molecule has 1 heterocycles. The maximum Gasteiger partial charge on any atom is 0.123 e. The molecule has 3 rings (SSSR count). The van der Waals surface area contributed by atoms with Gasteiger partial charge >= 0.3 is 0 Å². The summed E-state index contributed by atoms with van der Waals surface area (Å²) < 4.78 is 23.8. The fourth-order valence-electron chi connectivity index (χ4n) is 3.33. The van der Waals surface area contributed by atoms with Crippen LogP contribution in [0.3, 0.4) is 0 Å². The van der Waals surface area contributed by atoms with Gasteiger partial charge in [0, 0.05) is 19.0 Å². The number of hydrogen-bond acceptors (Lipinski definition) is 4. The number of aliphatic hydroxyl groups excluding tert-OH is 1. The van der Waals surface area contributed by atoms with Crippen LogP contribution in [-0.2, 0) is 0 Å². The average molecular weight is 345 g/mol. The van der Waals surface area contributed by atoms with E-state index in [0.29, 0.717) is 18.2 Å². The summed E-state index contributed by atoms with van der Waals surface area (Å²) in [7, 11) is 1.70. The summed E-state index contributed by atoms with van der Waals surface area (Å²) in [4.78, 5) is 2.25. The molecular weight excluding hydrogens is 321 g/mol. The molecule has 0 saturated carbocycles. The highest BCUT2D eigenvalue weighted by Gasteiger charge is 2.27. The van der Waals surface area contributed by atoms with Gasteiger partial charge in [0.1, 0.15) is 30.0 Å². The number of para-hydroxylation sites is 1. The number of nitrogens with zero attached hydrogens (tertiary/aromatic N) is 1. The van der Waals surface area contributed by atoms with Crippen molar-refractivity contribution in [3.8, 4) is 11.5 Å². The molecular formula is C20H24FNO3. The van der Waals surface area contributed by atoms with Crippen LogP contribution < -0.4 is 9.47 Å². The van der Waals surface area contributed by atoms with Crippen molar-refractivity contribution >= 4 is 0 Å². The van der Waals surface area contributed by atoms with E-state index in [1.807, 2.05) is 18.2 Å². The van der Waals surface area contributed by atoms with E-state index in [1.165, 1.54) is 17.7 Å². The third-order valence-corrected chi connectivity index (χ3v) is 4.58. The van der Waals surface area contributed by atoms with Crippen molar-refractivity contribution in [3.63, 3.8) is 0 Å². The zero-order valence-corrected chi connectivity index (χ0v) is 14.4. The Morgan fingerprint density at radius 2 is 1.96 bits per heavy atom. The van der Waals surface area contributed by atoms with E-state index < -0.39 is 6.10 Å². The number of rotatable bonds is 7. The number of benzene rings is 2. The van der Waals surface area contributed by atoms with Crippen molar-refractivity contribution in [2.45, 2.75) is 18.4 Å². The Labute approximate surface area is 147 Å². The minimum absolute atomic E-state index is 0.196. The molecule has 0 bridgehead atoms. The summed E-state index contributed by atoms with van der Waals surface area (Å²) in [5, 5.41) is 10.2. The minimum Gasteiger partial charge on any atom is -0.496 e. The maximum absolute atomic E-state index is 12.9. The molecule has 1 saturated heterocycles. The van der Waals surface area contributed by atoms with Gasteiger partial charge < -0.3 is 19.5 Å². The smallest absolute Gasteiger partial charge is 0.123 e. The number of β-amino-alcohol motifs (C(OH)–C–C–N with tert-alkyl or cyclic N) is 1. The van der Waals surface area contributed by atoms with Crippen LogP contribution in [-0.4, -0.2) is 49.5 Å². The monoisotopic (exact) mass is 345 g/mol. The number of hydrogen-bond donors (Lipinski definition) is 1. The molecule has 1 fully saturated rings. The quantitative estimate of drug-likeness (QED) is 0.837. The Hall–Kier alpha value is -2.11. The summed E-state index contributed by atoms with van der Waals surface area (Å²) in [5.41, 5.74) is 1.23. The summed E-state index contributed by atoms with van der Waals surface area (Å²) in [6, 6.07) is 13.9. The molecule has 2 aromatic carbocycles. The van der Waals surface area contributed by atoms with Crippen LogP contribution in [0.5, 0.6) is 11.5 Å². The lowest BCUT2D eigenvalue weighted by molar-refractivity contribution is 0.0754. The third-order valence-electron chi connectivity index (χ3n) is 4.58. The molecule has 0 spiro atoms. The predicted octanol–water partition coefficient (Wildman–Crippen LogP) is 3.06. The van der Waals surface area contributed by atoms with Gasteiger partial charge in [-0.15, -0.1) is 0 Å². The van der Waals surface area contributed by atoms with Gasteiger partial charge in [-0.25, -0.2) is 4.39 Å². The Bertz CT molecular complexity index is 677. The first-order valence-electron chi connectivity index (χ1n) is 8.57. The topological polar surface area (TPSA) is 41.9 Å². The van der Waals surface area contributed by atoms with Crippen molar-refractivity contribution in [3.05, 3.63) is 59.9 Å². The molecule has 4 nitrogen and oxygen atoms in total. The fourth-order valence-corrected chi connectivity index (χ4v) is 3.33. The highest BCUT2D eigenvalue weighted by molar-refractivity contribution is 5.37. The van der Waals surface area contributed by atoms with E-state index in [9.17, 15) is 9.50 Å². The van der Waals surface area contributed by atoms with Crippen LogP contribution >= 0.6 is 0 Å². The molecule has 0 aromatic heterocycles. The van der Waals surface area contributed by atoms with Gasteiger partial charge in [0.2, 0.25) is 0 Å². The van der Waals surface area contributed by atoms with Gasteiger partial charge in [0.25, 0.3) is 0 Å². The predicted molar refractivity (Wildman–Crippen MR) is 94.7 cm³/mol. The molecule has 0 radical (unpaired) electrons. The molecule has 2 aromatic rings. The number of ether oxygens (including phenoxy) is 2. The lowest BCUT2D eigenvalue weighted by atomic mass is 9.97. The lowest BCUT2D eigenvalue weighted by Gasteiger charge is -2.21. The Kier molecular flexibility index (Phi) is 5.89. The molecule has 5 heteroatoms. The van der Waals surface area contributed by atoms with E-state index >= 15 is 0 Å². The van der Waals surface area contributed by atoms with Gasteiger partial charge in [-0.05, 0) is 48.9 Å². The first-order valence-corrected chi connectivity index (χ1v) is 8.57. The Morgan fingerprint density at radius 1 is 1.20 bits per heavy atom. The zero-order chi connectivity index (χ0) is 17.6. The molecule has 2 unspecified atom stereocenters. The molecule has 1 aliphatic rings. The number of likely N-dealkylation sites (tertiary alicyclic amines) is 1. The summed E-state index contributed by atoms with van der Waals surface area (Å²) >= 11 is 0. The molecule has 0 amide bonds. The average Bonchev–Trinajstić information content (AvgIpc) is 3.09. The molecule has 2 atom stereocenters. The second-order valence-electron chi connectivity index (χ2n) is 6.41. The van der Waals surface area contributed by atoms with E-state index in [-0.39, 0.29) is 12.4 Å². The number of aliphatic hydroxyl groups is 1. The van der Waals surface area contributed by atoms with Gasteiger partial charge in [-0.1, -0.05) is 18.2 Å². The first-order chi connectivity index (χ1) is 12.2. The fraction of sp³-hybridized carbons (Fsp3) is 0.400. The van der Waals surface area contributed by atoms with E-state index in [2.05, 4.69) is 11.0 Å². The van der Waals surface area contributed by atoms with Gasteiger partial charge in [-0.3, -0.25) is 0 Å². The highest BCUT2D eigenvalue weighted by Crippen LogP contribution is 2.33.